The minimum Gasteiger partial charge on any atom is -0.357 e. The topological polar surface area (TPSA) is 52.6 Å². The third kappa shape index (κ3) is 6.36. The first-order valence-electron chi connectivity index (χ1n) is 8.56. The molecule has 0 aromatic carbocycles. The SMILES string of the molecule is CCNC(=NCC1CCN(CC)C1)NCCc1ccc(Cl)nc1. The summed E-state index contributed by atoms with van der Waals surface area (Å²) in [5, 5.41) is 7.25. The van der Waals surface area contributed by atoms with Gasteiger partial charge in [0.25, 0.3) is 0 Å². The molecule has 0 amide bonds. The van der Waals surface area contributed by atoms with Crippen molar-refractivity contribution in [2.24, 2.45) is 10.9 Å². The highest BCUT2D eigenvalue weighted by Gasteiger charge is 2.20. The van der Waals surface area contributed by atoms with E-state index in [2.05, 4.69) is 34.4 Å². The van der Waals surface area contributed by atoms with Gasteiger partial charge in [0.05, 0.1) is 0 Å². The molecule has 1 aromatic heterocycles. The Bertz CT molecular complexity index is 488. The fourth-order valence-corrected chi connectivity index (χ4v) is 2.90. The Morgan fingerprint density at radius 2 is 2.26 bits per heavy atom. The lowest BCUT2D eigenvalue weighted by molar-refractivity contribution is 0.343. The predicted octanol–water partition coefficient (Wildman–Crippen LogP) is 2.17. The van der Waals surface area contributed by atoms with Crippen LogP contribution in [0.2, 0.25) is 5.15 Å². The minimum absolute atomic E-state index is 0.536. The van der Waals surface area contributed by atoms with Crippen molar-refractivity contribution in [3.8, 4) is 0 Å². The fraction of sp³-hybridized carbons (Fsp3) is 0.647. The predicted molar refractivity (Wildman–Crippen MR) is 97.2 cm³/mol. The molecule has 0 saturated carbocycles. The van der Waals surface area contributed by atoms with Crippen LogP contribution in [0.1, 0.15) is 25.8 Å². The standard InChI is InChI=1S/C17H28ClN5/c1-3-19-17(22-12-15-8-10-23(4-2)13-15)20-9-7-14-5-6-16(18)21-11-14/h5-6,11,15H,3-4,7-10,12-13H2,1-2H3,(H2,19,20,22). The number of guanidine groups is 1. The Morgan fingerprint density at radius 1 is 1.39 bits per heavy atom. The number of halogens is 1. The largest absolute Gasteiger partial charge is 0.357 e. The molecular weight excluding hydrogens is 310 g/mol. The number of likely N-dealkylation sites (tertiary alicyclic amines) is 1. The van der Waals surface area contributed by atoms with E-state index >= 15 is 0 Å². The summed E-state index contributed by atoms with van der Waals surface area (Å²) >= 11 is 5.80. The van der Waals surface area contributed by atoms with E-state index in [9.17, 15) is 0 Å². The van der Waals surface area contributed by atoms with Crippen LogP contribution in [0.4, 0.5) is 0 Å². The van der Waals surface area contributed by atoms with E-state index in [1.807, 2.05) is 18.3 Å². The maximum atomic E-state index is 5.80. The van der Waals surface area contributed by atoms with Crippen LogP contribution in [0.3, 0.4) is 0 Å². The second-order valence-electron chi connectivity index (χ2n) is 5.93. The number of rotatable bonds is 7. The van der Waals surface area contributed by atoms with Crippen LogP contribution >= 0.6 is 11.6 Å². The van der Waals surface area contributed by atoms with Crippen molar-refractivity contribution >= 4 is 17.6 Å². The van der Waals surface area contributed by atoms with Gasteiger partial charge in [-0.25, -0.2) is 4.98 Å². The van der Waals surface area contributed by atoms with Gasteiger partial charge < -0.3 is 15.5 Å². The Hall–Kier alpha value is -1.33. The van der Waals surface area contributed by atoms with Crippen LogP contribution in [0.25, 0.3) is 0 Å². The van der Waals surface area contributed by atoms with Crippen molar-refractivity contribution in [1.29, 1.82) is 0 Å². The molecule has 0 spiro atoms. The summed E-state index contributed by atoms with van der Waals surface area (Å²) < 4.78 is 0. The van der Waals surface area contributed by atoms with E-state index in [0.29, 0.717) is 11.1 Å². The molecule has 1 saturated heterocycles. The quantitative estimate of drug-likeness (QED) is 0.455. The van der Waals surface area contributed by atoms with Gasteiger partial charge in [-0.3, -0.25) is 4.99 Å². The van der Waals surface area contributed by atoms with Gasteiger partial charge in [0.2, 0.25) is 0 Å². The molecule has 23 heavy (non-hydrogen) atoms. The molecule has 1 aromatic rings. The third-order valence-electron chi connectivity index (χ3n) is 4.16. The van der Waals surface area contributed by atoms with Gasteiger partial charge in [-0.05, 0) is 50.4 Å². The average molecular weight is 338 g/mol. The summed E-state index contributed by atoms with van der Waals surface area (Å²) in [4.78, 5) is 11.3. The summed E-state index contributed by atoms with van der Waals surface area (Å²) in [6, 6.07) is 3.84. The number of pyridine rings is 1. The molecule has 1 atom stereocenters. The van der Waals surface area contributed by atoms with Gasteiger partial charge in [0.15, 0.2) is 5.96 Å². The van der Waals surface area contributed by atoms with Crippen molar-refractivity contribution < 1.29 is 0 Å². The molecule has 128 valence electrons. The minimum atomic E-state index is 0.536. The Labute approximate surface area is 144 Å². The van der Waals surface area contributed by atoms with E-state index in [4.69, 9.17) is 16.6 Å². The third-order valence-corrected chi connectivity index (χ3v) is 4.39. The highest BCUT2D eigenvalue weighted by Crippen LogP contribution is 2.15. The van der Waals surface area contributed by atoms with Gasteiger partial charge >= 0.3 is 0 Å². The van der Waals surface area contributed by atoms with Crippen LogP contribution in [-0.2, 0) is 6.42 Å². The molecule has 1 aliphatic rings. The lowest BCUT2D eigenvalue weighted by Gasteiger charge is -2.14. The number of nitrogens with one attached hydrogen (secondary N) is 2. The van der Waals surface area contributed by atoms with Crippen molar-refractivity contribution in [1.82, 2.24) is 20.5 Å². The van der Waals surface area contributed by atoms with Crippen LogP contribution in [0.5, 0.6) is 0 Å². The Balaban J connectivity index is 1.76. The molecule has 2 heterocycles. The summed E-state index contributed by atoms with van der Waals surface area (Å²) in [6.45, 7) is 10.5. The molecule has 0 aliphatic carbocycles. The van der Waals surface area contributed by atoms with Crippen molar-refractivity contribution in [3.63, 3.8) is 0 Å². The van der Waals surface area contributed by atoms with Crippen LogP contribution < -0.4 is 10.6 Å². The van der Waals surface area contributed by atoms with Gasteiger partial charge in [0, 0.05) is 32.4 Å². The lowest BCUT2D eigenvalue weighted by Crippen LogP contribution is -2.38. The van der Waals surface area contributed by atoms with Crippen molar-refractivity contribution in [3.05, 3.63) is 29.0 Å². The van der Waals surface area contributed by atoms with Gasteiger partial charge in [-0.1, -0.05) is 24.6 Å². The summed E-state index contributed by atoms with van der Waals surface area (Å²) in [7, 11) is 0. The maximum Gasteiger partial charge on any atom is 0.191 e. The summed E-state index contributed by atoms with van der Waals surface area (Å²) in [5.74, 6) is 1.59. The summed E-state index contributed by atoms with van der Waals surface area (Å²) in [5.41, 5.74) is 1.17. The zero-order valence-corrected chi connectivity index (χ0v) is 14.9. The molecule has 1 aliphatic heterocycles. The zero-order chi connectivity index (χ0) is 16.5. The number of nitrogens with zero attached hydrogens (tertiary/aromatic N) is 3. The monoisotopic (exact) mass is 337 g/mol. The summed E-state index contributed by atoms with van der Waals surface area (Å²) in [6.07, 6.45) is 3.99. The van der Waals surface area contributed by atoms with Gasteiger partial charge in [-0.2, -0.15) is 0 Å². The van der Waals surface area contributed by atoms with Gasteiger partial charge in [0.1, 0.15) is 5.15 Å². The second-order valence-corrected chi connectivity index (χ2v) is 6.32. The van der Waals surface area contributed by atoms with Gasteiger partial charge in [-0.15, -0.1) is 0 Å². The van der Waals surface area contributed by atoms with E-state index < -0.39 is 0 Å². The number of aliphatic imine (C=N–C) groups is 1. The van der Waals surface area contributed by atoms with Crippen LogP contribution in [-0.4, -0.2) is 55.1 Å². The Morgan fingerprint density at radius 3 is 2.91 bits per heavy atom. The van der Waals surface area contributed by atoms with E-state index in [0.717, 1.165) is 38.6 Å². The highest BCUT2D eigenvalue weighted by molar-refractivity contribution is 6.29. The molecule has 0 bridgehead atoms. The molecule has 1 fully saturated rings. The van der Waals surface area contributed by atoms with E-state index in [-0.39, 0.29) is 0 Å². The fourth-order valence-electron chi connectivity index (χ4n) is 2.79. The second kappa shape index (κ2) is 9.73. The zero-order valence-electron chi connectivity index (χ0n) is 14.2. The molecule has 6 heteroatoms. The molecule has 5 nitrogen and oxygen atoms in total. The average Bonchev–Trinajstić information content (AvgIpc) is 3.02. The number of aromatic nitrogens is 1. The van der Waals surface area contributed by atoms with E-state index in [1.165, 1.54) is 25.1 Å². The number of hydrogen-bond acceptors (Lipinski definition) is 3. The maximum absolute atomic E-state index is 5.80. The molecule has 2 N–H and O–H groups in total. The van der Waals surface area contributed by atoms with Crippen LogP contribution in [0.15, 0.2) is 23.3 Å². The molecule has 1 unspecified atom stereocenters. The van der Waals surface area contributed by atoms with Crippen molar-refractivity contribution in [2.75, 3.05) is 39.3 Å². The highest BCUT2D eigenvalue weighted by atomic mass is 35.5. The van der Waals surface area contributed by atoms with Crippen molar-refractivity contribution in [2.45, 2.75) is 26.7 Å². The van der Waals surface area contributed by atoms with E-state index in [1.54, 1.807) is 0 Å². The smallest absolute Gasteiger partial charge is 0.191 e. The molecular formula is C17H28ClN5. The van der Waals surface area contributed by atoms with Crippen LogP contribution in [0, 0.1) is 5.92 Å². The first-order valence-corrected chi connectivity index (χ1v) is 8.94. The first-order chi connectivity index (χ1) is 11.2. The molecule has 2 rings (SSSR count). The molecule has 0 radical (unpaired) electrons. The first kappa shape index (κ1) is 18.0. The normalized spacial score (nSPS) is 19.1. The lowest BCUT2D eigenvalue weighted by atomic mass is 10.1. The Kier molecular flexibility index (Phi) is 7.62. The number of hydrogen-bond donors (Lipinski definition) is 2.